The van der Waals surface area contributed by atoms with Gasteiger partial charge in [-0.2, -0.15) is 9.98 Å². The van der Waals surface area contributed by atoms with Gasteiger partial charge in [0.15, 0.2) is 5.11 Å². The number of nitrogens with one attached hydrogen (secondary N) is 2. The van der Waals surface area contributed by atoms with E-state index in [0.717, 1.165) is 0 Å². The predicted octanol–water partition coefficient (Wildman–Crippen LogP) is -1.05. The van der Waals surface area contributed by atoms with Crippen molar-refractivity contribution in [3.63, 3.8) is 0 Å². The van der Waals surface area contributed by atoms with Crippen LogP contribution in [0.3, 0.4) is 0 Å². The zero-order valence-electron chi connectivity index (χ0n) is 12.1. The molecular formula is C13H13N5O4S. The van der Waals surface area contributed by atoms with Crippen LogP contribution in [0.2, 0.25) is 0 Å². The normalized spacial score (nSPS) is 15.3. The topological polar surface area (TPSA) is 135 Å². The summed E-state index contributed by atoms with van der Waals surface area (Å²) in [7, 11) is 0. The minimum Gasteiger partial charge on any atom is -0.492 e. The Hall–Kier alpha value is -2.88. The molecule has 120 valence electrons. The number of thiocarbonyl (C=S) groups is 1. The minimum atomic E-state index is -0.493. The molecule has 9 nitrogen and oxygen atoms in total. The number of nitrogens with zero attached hydrogens (tertiary/aromatic N) is 2. The van der Waals surface area contributed by atoms with Gasteiger partial charge in [-0.3, -0.25) is 9.59 Å². The van der Waals surface area contributed by atoms with Crippen LogP contribution < -0.4 is 31.8 Å². The Balaban J connectivity index is 0.000000185. The van der Waals surface area contributed by atoms with Gasteiger partial charge in [0.1, 0.15) is 12.2 Å². The standard InChI is InChI=1S/C9H9N3O2.C4H4N2O2S/c1-2-14-8-4-7-6(3-5(8)10)11-9(13)12-7;7-2-1-3(8)6-4(9)5-2/h3-4H,2,10H2,1H3;1H2,(H2,5,6,7,8,9). The van der Waals surface area contributed by atoms with E-state index in [2.05, 4.69) is 32.8 Å². The van der Waals surface area contributed by atoms with Crippen LogP contribution in [0.5, 0.6) is 5.75 Å². The van der Waals surface area contributed by atoms with Crippen LogP contribution in [0.4, 0.5) is 10.5 Å². The highest BCUT2D eigenvalue weighted by molar-refractivity contribution is 7.80. The smallest absolute Gasteiger partial charge is 0.368 e. The summed E-state index contributed by atoms with van der Waals surface area (Å²) in [4.78, 5) is 39.1. The summed E-state index contributed by atoms with van der Waals surface area (Å²) in [5, 5.41) is 5.67. The number of rotatable bonds is 2. The molecule has 0 bridgehead atoms. The van der Waals surface area contributed by atoms with E-state index in [4.69, 9.17) is 10.5 Å². The summed E-state index contributed by atoms with van der Waals surface area (Å²) >= 11 is 4.50. The van der Waals surface area contributed by atoms with Crippen LogP contribution >= 0.6 is 12.2 Å². The molecule has 4 N–H and O–H groups in total. The number of urea groups is 1. The van der Waals surface area contributed by atoms with E-state index in [1.54, 1.807) is 12.1 Å². The summed E-state index contributed by atoms with van der Waals surface area (Å²) < 4.78 is 5.26. The van der Waals surface area contributed by atoms with Crippen molar-refractivity contribution in [3.05, 3.63) is 22.8 Å². The Labute approximate surface area is 135 Å². The number of anilines is 1. The summed E-state index contributed by atoms with van der Waals surface area (Å²) in [5.41, 5.74) is 6.16. The van der Waals surface area contributed by atoms with Crippen LogP contribution in [-0.4, -0.2) is 29.6 Å². The van der Waals surface area contributed by atoms with Crippen LogP contribution in [0.1, 0.15) is 13.3 Å². The first-order valence-electron chi connectivity index (χ1n) is 6.56. The molecule has 2 heterocycles. The number of ether oxygens (including phenoxy) is 1. The summed E-state index contributed by atoms with van der Waals surface area (Å²) in [6.45, 7) is 2.38. The number of hydrogen-bond donors (Lipinski definition) is 3. The lowest BCUT2D eigenvalue weighted by molar-refractivity contribution is -0.129. The molecule has 4 amide bonds. The van der Waals surface area contributed by atoms with E-state index in [1.807, 2.05) is 6.92 Å². The number of carbonyl (C=O) groups is 3. The molecule has 0 atom stereocenters. The van der Waals surface area contributed by atoms with E-state index >= 15 is 0 Å². The van der Waals surface area contributed by atoms with Gasteiger partial charge in [0.05, 0.1) is 23.0 Å². The number of carbonyl (C=O) groups excluding carboxylic acids is 3. The molecule has 10 heteroatoms. The monoisotopic (exact) mass is 335 g/mol. The van der Waals surface area contributed by atoms with Gasteiger partial charge in [-0.1, -0.05) is 0 Å². The third-order valence-corrected chi connectivity index (χ3v) is 2.87. The van der Waals surface area contributed by atoms with Gasteiger partial charge in [-0.15, -0.1) is 0 Å². The Morgan fingerprint density at radius 3 is 2.26 bits per heavy atom. The number of benzene rings is 1. The fraction of sp³-hybridized carbons (Fsp3) is 0.231. The highest BCUT2D eigenvalue weighted by atomic mass is 32.1. The molecule has 0 aromatic heterocycles. The molecule has 0 aliphatic carbocycles. The third kappa shape index (κ3) is 4.30. The van der Waals surface area contributed by atoms with Crippen LogP contribution in [-0.2, 0) is 9.59 Å². The molecule has 23 heavy (non-hydrogen) atoms. The van der Waals surface area contributed by atoms with Gasteiger partial charge >= 0.3 is 6.03 Å². The second-order valence-corrected chi connectivity index (χ2v) is 4.83. The van der Waals surface area contributed by atoms with Crippen molar-refractivity contribution in [1.29, 1.82) is 0 Å². The van der Waals surface area contributed by atoms with Crippen molar-refractivity contribution in [2.45, 2.75) is 13.3 Å². The van der Waals surface area contributed by atoms with Crippen molar-refractivity contribution in [2.75, 3.05) is 12.3 Å². The predicted molar refractivity (Wildman–Crippen MR) is 83.2 cm³/mol. The fourth-order valence-corrected chi connectivity index (χ4v) is 2.01. The Bertz CT molecular complexity index is 775. The average Bonchev–Trinajstić information content (AvgIpc) is 2.77. The lowest BCUT2D eigenvalue weighted by Gasteiger charge is -2.12. The second kappa shape index (κ2) is 6.92. The van der Waals surface area contributed by atoms with Gasteiger partial charge in [-0.25, -0.2) is 4.79 Å². The molecule has 1 aromatic rings. The molecule has 2 aliphatic heterocycles. The number of hydrogen-bond acceptors (Lipinski definition) is 6. The van der Waals surface area contributed by atoms with E-state index < -0.39 is 6.03 Å². The second-order valence-electron chi connectivity index (χ2n) is 4.42. The lowest BCUT2D eigenvalue weighted by atomic mass is 10.3. The first-order chi connectivity index (χ1) is 10.9. The molecule has 0 radical (unpaired) electrons. The molecule has 0 unspecified atom stereocenters. The number of amides is 4. The van der Waals surface area contributed by atoms with Gasteiger partial charge in [0, 0.05) is 6.07 Å². The number of nitrogens with two attached hydrogens (primary N) is 1. The lowest BCUT2D eigenvalue weighted by Crippen LogP contribution is -2.49. The van der Waals surface area contributed by atoms with Gasteiger partial charge in [0.25, 0.3) is 0 Å². The zero-order chi connectivity index (χ0) is 17.0. The summed E-state index contributed by atoms with van der Waals surface area (Å²) in [6, 6.07) is 2.73. The first-order valence-corrected chi connectivity index (χ1v) is 6.97. The van der Waals surface area contributed by atoms with E-state index in [1.165, 1.54) is 0 Å². The fourth-order valence-electron chi connectivity index (χ4n) is 1.78. The highest BCUT2D eigenvalue weighted by Crippen LogP contribution is 2.16. The number of fused-ring (bicyclic) bond motifs is 1. The molecule has 0 saturated carbocycles. The van der Waals surface area contributed by atoms with Crippen molar-refractivity contribution < 1.29 is 19.1 Å². The molecule has 1 aromatic carbocycles. The van der Waals surface area contributed by atoms with Crippen LogP contribution in [0.15, 0.2) is 22.1 Å². The van der Waals surface area contributed by atoms with E-state index in [9.17, 15) is 14.4 Å². The largest absolute Gasteiger partial charge is 0.492 e. The maximum Gasteiger partial charge on any atom is 0.368 e. The number of nitrogen functional groups attached to an aromatic ring is 1. The average molecular weight is 335 g/mol. The quantitative estimate of drug-likeness (QED) is 0.358. The van der Waals surface area contributed by atoms with Crippen molar-refractivity contribution in [3.8, 4) is 5.75 Å². The van der Waals surface area contributed by atoms with Crippen molar-refractivity contribution in [1.82, 2.24) is 10.6 Å². The third-order valence-electron chi connectivity index (χ3n) is 2.67. The minimum absolute atomic E-state index is 0.0938. The summed E-state index contributed by atoms with van der Waals surface area (Å²) in [5.74, 6) is -0.146. The maximum atomic E-state index is 10.9. The molecule has 3 rings (SSSR count). The highest BCUT2D eigenvalue weighted by Gasteiger charge is 2.17. The maximum absolute atomic E-state index is 10.9. The van der Waals surface area contributed by atoms with E-state index in [0.29, 0.717) is 28.8 Å². The molecule has 0 spiro atoms. The van der Waals surface area contributed by atoms with Crippen LogP contribution in [0, 0.1) is 0 Å². The van der Waals surface area contributed by atoms with Crippen molar-refractivity contribution >= 4 is 40.9 Å². The molecule has 1 fully saturated rings. The van der Waals surface area contributed by atoms with E-state index in [-0.39, 0.29) is 23.3 Å². The Kier molecular flexibility index (Phi) is 4.96. The summed E-state index contributed by atoms with van der Waals surface area (Å²) in [6.07, 6.45) is -0.125. The Morgan fingerprint density at radius 2 is 1.74 bits per heavy atom. The van der Waals surface area contributed by atoms with Crippen LogP contribution in [0.25, 0.3) is 0 Å². The molecule has 2 aliphatic rings. The van der Waals surface area contributed by atoms with Crippen molar-refractivity contribution in [2.24, 2.45) is 9.98 Å². The molecule has 1 saturated heterocycles. The van der Waals surface area contributed by atoms with Gasteiger partial charge in [0.2, 0.25) is 11.8 Å². The van der Waals surface area contributed by atoms with Gasteiger partial charge < -0.3 is 21.1 Å². The zero-order valence-corrected chi connectivity index (χ0v) is 12.9. The first kappa shape index (κ1) is 16.5. The Morgan fingerprint density at radius 1 is 1.17 bits per heavy atom. The SMILES string of the molecule is CCOc1cc2c(cc1N)=NC(=O)N=2.O=C1CC(=O)NC(=S)N1. The molecular weight excluding hydrogens is 322 g/mol. The van der Waals surface area contributed by atoms with Gasteiger partial charge in [-0.05, 0) is 25.2 Å².